The van der Waals surface area contributed by atoms with Crippen molar-refractivity contribution in [1.29, 1.82) is 0 Å². The van der Waals surface area contributed by atoms with E-state index >= 15 is 0 Å². The highest BCUT2D eigenvalue weighted by Gasteiger charge is 2.36. The number of amides is 2. The van der Waals surface area contributed by atoms with Crippen molar-refractivity contribution >= 4 is 11.8 Å². The largest absolute Gasteiger partial charge is 0.353 e. The van der Waals surface area contributed by atoms with Crippen molar-refractivity contribution < 1.29 is 9.59 Å². The quantitative estimate of drug-likeness (QED) is 0.802. The van der Waals surface area contributed by atoms with Gasteiger partial charge in [0.05, 0.1) is 0 Å². The van der Waals surface area contributed by atoms with Crippen molar-refractivity contribution in [3.8, 4) is 0 Å². The monoisotopic (exact) mass is 295 g/mol. The Kier molecular flexibility index (Phi) is 5.62. The molecule has 120 valence electrons. The number of nitrogens with two attached hydrogens (primary N) is 1. The van der Waals surface area contributed by atoms with Gasteiger partial charge in [-0.2, -0.15) is 0 Å². The molecule has 5 heteroatoms. The number of likely N-dealkylation sites (tertiary alicyclic amines) is 1. The van der Waals surface area contributed by atoms with E-state index in [0.29, 0.717) is 12.3 Å². The third-order valence-electron chi connectivity index (χ3n) is 4.85. The fourth-order valence-electron chi connectivity index (χ4n) is 3.49. The normalized spacial score (nSPS) is 28.5. The highest BCUT2D eigenvalue weighted by atomic mass is 16.2. The summed E-state index contributed by atoms with van der Waals surface area (Å²) in [6, 6.07) is 0.498. The number of fused-ring (bicyclic) bond motifs is 1. The molecule has 2 amide bonds. The minimum Gasteiger partial charge on any atom is -0.353 e. The molecule has 21 heavy (non-hydrogen) atoms. The van der Waals surface area contributed by atoms with E-state index in [2.05, 4.69) is 5.32 Å². The SMILES string of the molecule is CC(N)CCCC(C)C(=O)N1CCC2NC(=O)CCC2C1. The third kappa shape index (κ3) is 4.43. The van der Waals surface area contributed by atoms with E-state index < -0.39 is 0 Å². The summed E-state index contributed by atoms with van der Waals surface area (Å²) >= 11 is 0. The lowest BCUT2D eigenvalue weighted by molar-refractivity contribution is -0.138. The zero-order valence-corrected chi connectivity index (χ0v) is 13.3. The lowest BCUT2D eigenvalue weighted by Crippen LogP contribution is -2.55. The molecule has 2 aliphatic heterocycles. The number of piperidine rings is 2. The van der Waals surface area contributed by atoms with Crippen LogP contribution >= 0.6 is 0 Å². The van der Waals surface area contributed by atoms with Crippen molar-refractivity contribution in [2.24, 2.45) is 17.6 Å². The number of hydrogen-bond donors (Lipinski definition) is 2. The van der Waals surface area contributed by atoms with E-state index in [-0.39, 0.29) is 29.8 Å². The Hall–Kier alpha value is -1.10. The first-order valence-electron chi connectivity index (χ1n) is 8.31. The second-order valence-electron chi connectivity index (χ2n) is 6.85. The smallest absolute Gasteiger partial charge is 0.225 e. The molecule has 5 nitrogen and oxygen atoms in total. The van der Waals surface area contributed by atoms with Gasteiger partial charge in [0.25, 0.3) is 0 Å². The van der Waals surface area contributed by atoms with Gasteiger partial charge < -0.3 is 16.0 Å². The first-order chi connectivity index (χ1) is 9.97. The Morgan fingerprint density at radius 1 is 1.38 bits per heavy atom. The standard InChI is InChI=1S/C16H29N3O2/c1-11(4-3-5-12(2)17)16(21)19-9-8-14-13(10-19)6-7-15(20)18-14/h11-14H,3-10,17H2,1-2H3,(H,18,20). The number of nitrogens with zero attached hydrogens (tertiary/aromatic N) is 1. The predicted octanol–water partition coefficient (Wildman–Crippen LogP) is 1.27. The van der Waals surface area contributed by atoms with Gasteiger partial charge in [0.2, 0.25) is 11.8 Å². The summed E-state index contributed by atoms with van der Waals surface area (Å²) in [4.78, 5) is 25.9. The van der Waals surface area contributed by atoms with Crippen LogP contribution in [0.2, 0.25) is 0 Å². The first-order valence-corrected chi connectivity index (χ1v) is 8.31. The average Bonchev–Trinajstić information content (AvgIpc) is 2.45. The van der Waals surface area contributed by atoms with E-state index in [1.165, 1.54) is 0 Å². The molecule has 2 heterocycles. The second-order valence-corrected chi connectivity index (χ2v) is 6.85. The Morgan fingerprint density at radius 2 is 2.14 bits per heavy atom. The Morgan fingerprint density at radius 3 is 2.86 bits per heavy atom. The van der Waals surface area contributed by atoms with Gasteiger partial charge in [0.1, 0.15) is 0 Å². The Bertz CT molecular complexity index is 384. The van der Waals surface area contributed by atoms with Crippen LogP contribution in [0.1, 0.15) is 52.4 Å². The number of rotatable bonds is 5. The Labute approximate surface area is 127 Å². The lowest BCUT2D eigenvalue weighted by Gasteiger charge is -2.42. The summed E-state index contributed by atoms with van der Waals surface area (Å²) in [5.41, 5.74) is 5.75. The number of carbonyl (C=O) groups excluding carboxylic acids is 2. The second kappa shape index (κ2) is 7.25. The molecule has 0 aromatic rings. The molecule has 0 spiro atoms. The topological polar surface area (TPSA) is 75.4 Å². The van der Waals surface area contributed by atoms with E-state index in [9.17, 15) is 9.59 Å². The van der Waals surface area contributed by atoms with Gasteiger partial charge in [-0.1, -0.05) is 13.3 Å². The lowest BCUT2D eigenvalue weighted by atomic mass is 9.84. The van der Waals surface area contributed by atoms with Crippen LogP contribution in [0.15, 0.2) is 0 Å². The first kappa shape index (κ1) is 16.3. The summed E-state index contributed by atoms with van der Waals surface area (Å²) < 4.78 is 0. The third-order valence-corrected chi connectivity index (χ3v) is 4.85. The zero-order valence-electron chi connectivity index (χ0n) is 13.3. The van der Waals surface area contributed by atoms with E-state index in [0.717, 1.165) is 45.2 Å². The number of carbonyl (C=O) groups is 2. The fourth-order valence-corrected chi connectivity index (χ4v) is 3.49. The summed E-state index contributed by atoms with van der Waals surface area (Å²) in [5, 5.41) is 3.06. The minimum atomic E-state index is 0.0819. The predicted molar refractivity (Wildman–Crippen MR) is 82.5 cm³/mol. The summed E-state index contributed by atoms with van der Waals surface area (Å²) in [7, 11) is 0. The van der Waals surface area contributed by atoms with Gasteiger partial charge in [0, 0.05) is 37.5 Å². The maximum Gasteiger partial charge on any atom is 0.225 e. The van der Waals surface area contributed by atoms with Crippen molar-refractivity contribution in [1.82, 2.24) is 10.2 Å². The van der Waals surface area contributed by atoms with Gasteiger partial charge in [-0.25, -0.2) is 0 Å². The minimum absolute atomic E-state index is 0.0819. The maximum atomic E-state index is 12.5. The molecular formula is C16H29N3O2. The molecular weight excluding hydrogens is 266 g/mol. The zero-order chi connectivity index (χ0) is 15.4. The van der Waals surface area contributed by atoms with Gasteiger partial charge >= 0.3 is 0 Å². The average molecular weight is 295 g/mol. The molecule has 0 radical (unpaired) electrons. The van der Waals surface area contributed by atoms with E-state index in [1.54, 1.807) is 0 Å². The molecule has 0 saturated carbocycles. The molecule has 2 aliphatic rings. The molecule has 2 fully saturated rings. The van der Waals surface area contributed by atoms with Gasteiger partial charge in [-0.15, -0.1) is 0 Å². The van der Waals surface area contributed by atoms with E-state index in [4.69, 9.17) is 5.73 Å². The van der Waals surface area contributed by atoms with Crippen LogP contribution in [-0.2, 0) is 9.59 Å². The van der Waals surface area contributed by atoms with Crippen molar-refractivity contribution in [3.05, 3.63) is 0 Å². The summed E-state index contributed by atoms with van der Waals surface area (Å²) in [5.74, 6) is 0.963. The highest BCUT2D eigenvalue weighted by molar-refractivity contribution is 5.79. The molecule has 0 aliphatic carbocycles. The molecule has 0 aromatic heterocycles. The molecule has 3 N–H and O–H groups in total. The molecule has 2 saturated heterocycles. The van der Waals surface area contributed by atoms with E-state index in [1.807, 2.05) is 18.7 Å². The molecule has 4 unspecified atom stereocenters. The molecule has 0 bridgehead atoms. The van der Waals surface area contributed by atoms with Crippen molar-refractivity contribution in [2.75, 3.05) is 13.1 Å². The van der Waals surface area contributed by atoms with Gasteiger partial charge in [-0.05, 0) is 38.5 Å². The molecule has 2 rings (SSSR count). The Balaban J connectivity index is 1.79. The van der Waals surface area contributed by atoms with Crippen LogP contribution < -0.4 is 11.1 Å². The highest BCUT2D eigenvalue weighted by Crippen LogP contribution is 2.26. The van der Waals surface area contributed by atoms with Crippen LogP contribution in [0.3, 0.4) is 0 Å². The molecule has 4 atom stereocenters. The van der Waals surface area contributed by atoms with Crippen molar-refractivity contribution in [2.45, 2.75) is 64.5 Å². The molecule has 0 aromatic carbocycles. The van der Waals surface area contributed by atoms with Crippen LogP contribution in [-0.4, -0.2) is 41.9 Å². The van der Waals surface area contributed by atoms with Gasteiger partial charge in [-0.3, -0.25) is 9.59 Å². The van der Waals surface area contributed by atoms with Crippen LogP contribution in [0, 0.1) is 11.8 Å². The van der Waals surface area contributed by atoms with Crippen LogP contribution in [0.25, 0.3) is 0 Å². The van der Waals surface area contributed by atoms with Crippen LogP contribution in [0.5, 0.6) is 0 Å². The summed E-state index contributed by atoms with van der Waals surface area (Å²) in [6.07, 6.45) is 5.33. The van der Waals surface area contributed by atoms with Gasteiger partial charge in [0.15, 0.2) is 0 Å². The number of hydrogen-bond acceptors (Lipinski definition) is 3. The van der Waals surface area contributed by atoms with Crippen molar-refractivity contribution in [3.63, 3.8) is 0 Å². The fraction of sp³-hybridized carbons (Fsp3) is 0.875. The van der Waals surface area contributed by atoms with Crippen LogP contribution in [0.4, 0.5) is 0 Å². The summed E-state index contributed by atoms with van der Waals surface area (Å²) in [6.45, 7) is 5.62. The number of nitrogens with one attached hydrogen (secondary N) is 1. The maximum absolute atomic E-state index is 12.5.